The molecule has 1 unspecified atom stereocenters. The number of halogens is 1. The summed E-state index contributed by atoms with van der Waals surface area (Å²) in [5, 5.41) is 2.47. The normalized spacial score (nSPS) is 13.4. The fraction of sp³-hybridized carbons (Fsp3) is 0.400. The molecule has 1 aromatic heterocycles. The average molecular weight is 371 g/mol. The fourth-order valence-electron chi connectivity index (χ4n) is 2.14. The Hall–Kier alpha value is -0.980. The van der Waals surface area contributed by atoms with Gasteiger partial charge < -0.3 is 0 Å². The van der Waals surface area contributed by atoms with Gasteiger partial charge in [0, 0.05) is 35.0 Å². The quantitative estimate of drug-likeness (QED) is 0.600. The Morgan fingerprint density at radius 2 is 2.14 bits per heavy atom. The minimum atomic E-state index is -3.48. The summed E-state index contributed by atoms with van der Waals surface area (Å²) in [6.45, 7) is 2.60. The topological polar surface area (TPSA) is 59.1 Å². The van der Waals surface area contributed by atoms with Crippen LogP contribution in [0, 0.1) is 5.92 Å². The van der Waals surface area contributed by atoms with Crippen molar-refractivity contribution >= 4 is 36.7 Å². The highest BCUT2D eigenvalue weighted by Gasteiger charge is 2.16. The lowest BCUT2D eigenvalue weighted by Crippen LogP contribution is -2.25. The Labute approximate surface area is 134 Å². The molecule has 1 N–H and O–H groups in total. The first-order valence-corrected chi connectivity index (χ1v) is 9.53. The molecule has 0 aliphatic heterocycles. The summed E-state index contributed by atoms with van der Waals surface area (Å²) < 4.78 is 27.5. The van der Waals surface area contributed by atoms with Gasteiger partial charge in [-0.1, -0.05) is 35.0 Å². The van der Waals surface area contributed by atoms with Crippen molar-refractivity contribution in [2.45, 2.75) is 24.7 Å². The molecule has 1 atom stereocenters. The maximum Gasteiger partial charge on any atom is 0.241 e. The van der Waals surface area contributed by atoms with Gasteiger partial charge in [-0.15, -0.1) is 0 Å². The maximum atomic E-state index is 12.4. The highest BCUT2D eigenvalue weighted by atomic mass is 79.9. The molecule has 0 fully saturated rings. The number of hydrogen-bond acceptors (Lipinski definition) is 3. The van der Waals surface area contributed by atoms with Gasteiger partial charge in [0.05, 0.1) is 4.90 Å². The van der Waals surface area contributed by atoms with E-state index < -0.39 is 10.0 Å². The van der Waals surface area contributed by atoms with Gasteiger partial charge in [0.1, 0.15) is 0 Å². The molecule has 114 valence electrons. The zero-order chi connectivity index (χ0) is 15.3. The molecule has 1 heterocycles. The van der Waals surface area contributed by atoms with Gasteiger partial charge in [-0.05, 0) is 30.9 Å². The Bertz CT molecular complexity index is 698. The van der Waals surface area contributed by atoms with Gasteiger partial charge in [-0.3, -0.25) is 4.98 Å². The van der Waals surface area contributed by atoms with Crippen LogP contribution < -0.4 is 4.72 Å². The second kappa shape index (κ2) is 7.33. The number of aromatic nitrogens is 1. The summed E-state index contributed by atoms with van der Waals surface area (Å²) in [5.74, 6) is 0.554. The number of alkyl halides is 1. The molecule has 4 nitrogen and oxygen atoms in total. The fourth-order valence-corrected chi connectivity index (χ4v) is 3.76. The van der Waals surface area contributed by atoms with E-state index in [0.717, 1.165) is 23.6 Å². The second-order valence-corrected chi connectivity index (χ2v) is 7.54. The van der Waals surface area contributed by atoms with Crippen LogP contribution in [0.5, 0.6) is 0 Å². The smallest absolute Gasteiger partial charge is 0.241 e. The number of rotatable bonds is 7. The zero-order valence-corrected chi connectivity index (χ0v) is 14.3. The van der Waals surface area contributed by atoms with Gasteiger partial charge in [-0.2, -0.15) is 0 Å². The van der Waals surface area contributed by atoms with Crippen LogP contribution in [0.3, 0.4) is 0 Å². The maximum absolute atomic E-state index is 12.4. The molecule has 0 spiro atoms. The molecular formula is C15H19BrN2O2S. The van der Waals surface area contributed by atoms with Crippen molar-refractivity contribution < 1.29 is 8.42 Å². The third-order valence-electron chi connectivity index (χ3n) is 3.36. The summed E-state index contributed by atoms with van der Waals surface area (Å²) >= 11 is 3.43. The van der Waals surface area contributed by atoms with E-state index in [1.165, 1.54) is 0 Å². The molecule has 0 amide bonds. The molecule has 21 heavy (non-hydrogen) atoms. The van der Waals surface area contributed by atoms with E-state index in [1.807, 2.05) is 6.07 Å². The monoisotopic (exact) mass is 370 g/mol. The standard InChI is InChI=1S/C15H19BrN2O2S/c1-12(10-16)4-3-8-18-21(19,20)15-6-2-5-13-11-17-9-7-14(13)15/h2,5-7,9,11-12,18H,3-4,8,10H2,1H3. The number of pyridine rings is 1. The van der Waals surface area contributed by atoms with Gasteiger partial charge in [0.15, 0.2) is 0 Å². The average Bonchev–Trinajstić information content (AvgIpc) is 2.50. The molecule has 0 aliphatic carbocycles. The third-order valence-corrected chi connectivity index (χ3v) is 5.98. The lowest BCUT2D eigenvalue weighted by atomic mass is 10.1. The van der Waals surface area contributed by atoms with E-state index in [1.54, 1.807) is 30.6 Å². The Balaban J connectivity index is 2.11. The molecular weight excluding hydrogens is 352 g/mol. The second-order valence-electron chi connectivity index (χ2n) is 5.15. The molecule has 2 rings (SSSR count). The molecule has 6 heteroatoms. The molecule has 1 aromatic carbocycles. The van der Waals surface area contributed by atoms with Crippen molar-refractivity contribution in [1.82, 2.24) is 9.71 Å². The van der Waals surface area contributed by atoms with Crippen molar-refractivity contribution in [3.05, 3.63) is 36.7 Å². The molecule has 0 aliphatic rings. The van der Waals surface area contributed by atoms with Crippen LogP contribution in [0.1, 0.15) is 19.8 Å². The SMILES string of the molecule is CC(CBr)CCCNS(=O)(=O)c1cccc2cnccc12. The first-order valence-electron chi connectivity index (χ1n) is 6.93. The van der Waals surface area contributed by atoms with E-state index in [9.17, 15) is 8.42 Å². The molecule has 0 saturated carbocycles. The summed E-state index contributed by atoms with van der Waals surface area (Å²) in [6, 6.07) is 6.97. The summed E-state index contributed by atoms with van der Waals surface area (Å²) in [5.41, 5.74) is 0. The van der Waals surface area contributed by atoms with Crippen LogP contribution >= 0.6 is 15.9 Å². The van der Waals surface area contributed by atoms with Crippen LogP contribution in [-0.4, -0.2) is 25.3 Å². The van der Waals surface area contributed by atoms with Crippen LogP contribution in [-0.2, 0) is 10.0 Å². The Kier molecular flexibility index (Phi) is 5.72. The van der Waals surface area contributed by atoms with Gasteiger partial charge in [0.2, 0.25) is 10.0 Å². The minimum Gasteiger partial charge on any atom is -0.264 e. The van der Waals surface area contributed by atoms with E-state index in [4.69, 9.17) is 0 Å². The van der Waals surface area contributed by atoms with E-state index in [2.05, 4.69) is 32.6 Å². The number of sulfonamides is 1. The van der Waals surface area contributed by atoms with E-state index in [0.29, 0.717) is 22.7 Å². The van der Waals surface area contributed by atoms with Crippen LogP contribution in [0.4, 0.5) is 0 Å². The zero-order valence-electron chi connectivity index (χ0n) is 11.9. The Morgan fingerprint density at radius 3 is 2.90 bits per heavy atom. The van der Waals surface area contributed by atoms with Crippen molar-refractivity contribution in [3.8, 4) is 0 Å². The van der Waals surface area contributed by atoms with Gasteiger partial charge in [-0.25, -0.2) is 13.1 Å². The van der Waals surface area contributed by atoms with E-state index in [-0.39, 0.29) is 0 Å². The summed E-state index contributed by atoms with van der Waals surface area (Å²) in [6.07, 6.45) is 5.11. The van der Waals surface area contributed by atoms with Crippen molar-refractivity contribution in [1.29, 1.82) is 0 Å². The van der Waals surface area contributed by atoms with Crippen molar-refractivity contribution in [2.75, 3.05) is 11.9 Å². The highest BCUT2D eigenvalue weighted by molar-refractivity contribution is 9.09. The molecule has 2 aromatic rings. The molecule has 0 radical (unpaired) electrons. The third kappa shape index (κ3) is 4.25. The number of nitrogens with one attached hydrogen (secondary N) is 1. The lowest BCUT2D eigenvalue weighted by molar-refractivity contribution is 0.547. The van der Waals surface area contributed by atoms with Crippen molar-refractivity contribution in [2.24, 2.45) is 5.92 Å². The van der Waals surface area contributed by atoms with E-state index >= 15 is 0 Å². The Morgan fingerprint density at radius 1 is 1.33 bits per heavy atom. The number of benzene rings is 1. The first kappa shape index (κ1) is 16.4. The number of nitrogens with zero attached hydrogens (tertiary/aromatic N) is 1. The minimum absolute atomic E-state index is 0.316. The number of hydrogen-bond donors (Lipinski definition) is 1. The predicted molar refractivity (Wildman–Crippen MR) is 89.1 cm³/mol. The van der Waals surface area contributed by atoms with Crippen LogP contribution in [0.25, 0.3) is 10.8 Å². The summed E-state index contributed by atoms with van der Waals surface area (Å²) in [4.78, 5) is 4.34. The first-order chi connectivity index (χ1) is 10.0. The lowest BCUT2D eigenvalue weighted by Gasteiger charge is -2.10. The van der Waals surface area contributed by atoms with Crippen LogP contribution in [0.15, 0.2) is 41.6 Å². The molecule has 0 saturated heterocycles. The summed E-state index contributed by atoms with van der Waals surface area (Å²) in [7, 11) is -3.48. The van der Waals surface area contributed by atoms with Gasteiger partial charge in [0.25, 0.3) is 0 Å². The highest BCUT2D eigenvalue weighted by Crippen LogP contribution is 2.21. The van der Waals surface area contributed by atoms with Gasteiger partial charge >= 0.3 is 0 Å². The number of fused-ring (bicyclic) bond motifs is 1. The van der Waals surface area contributed by atoms with Crippen molar-refractivity contribution in [3.63, 3.8) is 0 Å². The molecule has 0 bridgehead atoms. The van der Waals surface area contributed by atoms with Crippen LogP contribution in [0.2, 0.25) is 0 Å². The predicted octanol–water partition coefficient (Wildman–Crippen LogP) is 3.32. The largest absolute Gasteiger partial charge is 0.264 e.